The molecule has 1 unspecified atom stereocenters. The van der Waals surface area contributed by atoms with Crippen molar-refractivity contribution in [3.05, 3.63) is 23.8 Å². The molecule has 0 saturated carbocycles. The molecule has 4 nitrogen and oxygen atoms in total. The number of hydrogen-bond acceptors (Lipinski definition) is 3. The van der Waals surface area contributed by atoms with Crippen molar-refractivity contribution >= 4 is 0 Å². The highest BCUT2D eigenvalue weighted by molar-refractivity contribution is 5.17. The molecule has 19 heavy (non-hydrogen) atoms. The minimum Gasteiger partial charge on any atom is -0.389 e. The van der Waals surface area contributed by atoms with E-state index in [1.807, 2.05) is 10.8 Å². The molecule has 1 N–H and O–H groups in total. The van der Waals surface area contributed by atoms with Gasteiger partial charge in [-0.25, -0.2) is 9.67 Å². The van der Waals surface area contributed by atoms with Crippen molar-refractivity contribution in [1.29, 1.82) is 0 Å². The van der Waals surface area contributed by atoms with Crippen LogP contribution < -0.4 is 0 Å². The third kappa shape index (κ3) is 3.90. The fraction of sp³-hybridized carbons (Fsp3) is 0.733. The van der Waals surface area contributed by atoms with Crippen molar-refractivity contribution in [3.63, 3.8) is 0 Å². The quantitative estimate of drug-likeness (QED) is 0.849. The molecule has 0 radical (unpaired) electrons. The Morgan fingerprint density at radius 1 is 1.47 bits per heavy atom. The van der Waals surface area contributed by atoms with E-state index in [0.717, 1.165) is 31.6 Å². The lowest BCUT2D eigenvalue weighted by Crippen LogP contribution is -2.26. The van der Waals surface area contributed by atoms with E-state index in [1.165, 1.54) is 5.57 Å². The summed E-state index contributed by atoms with van der Waals surface area (Å²) in [4.78, 5) is 4.37. The van der Waals surface area contributed by atoms with Gasteiger partial charge < -0.3 is 5.11 Å². The van der Waals surface area contributed by atoms with Crippen LogP contribution >= 0.6 is 0 Å². The van der Waals surface area contributed by atoms with Crippen LogP contribution in [0.1, 0.15) is 46.4 Å². The van der Waals surface area contributed by atoms with E-state index < -0.39 is 0 Å². The van der Waals surface area contributed by atoms with Crippen molar-refractivity contribution in [3.8, 4) is 0 Å². The topological polar surface area (TPSA) is 50.9 Å². The molecule has 4 heteroatoms. The van der Waals surface area contributed by atoms with Crippen molar-refractivity contribution in [2.24, 2.45) is 11.3 Å². The Morgan fingerprint density at radius 3 is 2.84 bits per heavy atom. The van der Waals surface area contributed by atoms with Gasteiger partial charge in [-0.1, -0.05) is 39.3 Å². The summed E-state index contributed by atoms with van der Waals surface area (Å²) in [5.74, 6) is 1.56. The second kappa shape index (κ2) is 5.45. The zero-order valence-corrected chi connectivity index (χ0v) is 12.4. The van der Waals surface area contributed by atoms with Gasteiger partial charge in [0.15, 0.2) is 0 Å². The van der Waals surface area contributed by atoms with Crippen LogP contribution in [-0.2, 0) is 13.0 Å². The summed E-state index contributed by atoms with van der Waals surface area (Å²) in [5.41, 5.74) is 1.45. The molecule has 106 valence electrons. The summed E-state index contributed by atoms with van der Waals surface area (Å²) in [6, 6.07) is 0. The maximum absolute atomic E-state index is 9.94. The molecular formula is C15H25N3O. The fourth-order valence-corrected chi connectivity index (χ4v) is 2.89. The highest BCUT2D eigenvalue weighted by Gasteiger charge is 2.28. The van der Waals surface area contributed by atoms with Crippen molar-refractivity contribution < 1.29 is 5.11 Å². The largest absolute Gasteiger partial charge is 0.389 e. The summed E-state index contributed by atoms with van der Waals surface area (Å²) in [5, 5.41) is 14.2. The molecule has 1 aliphatic rings. The normalized spacial score (nSPS) is 22.6. The molecule has 1 heterocycles. The summed E-state index contributed by atoms with van der Waals surface area (Å²) >= 11 is 0. The highest BCUT2D eigenvalue weighted by atomic mass is 16.3. The Kier molecular flexibility index (Phi) is 4.09. The standard InChI is InChI=1S/C15H25N3O/c1-11(2)9-18-14(16-10-17-18)6-12-5-13(19)8-15(3,4)7-12/h5,10-11,13,19H,6-9H2,1-4H3. The summed E-state index contributed by atoms with van der Waals surface area (Å²) < 4.78 is 1.99. The van der Waals surface area contributed by atoms with Gasteiger partial charge in [0.1, 0.15) is 12.2 Å². The van der Waals surface area contributed by atoms with Crippen LogP contribution in [-0.4, -0.2) is 26.0 Å². The van der Waals surface area contributed by atoms with Gasteiger partial charge in [-0.2, -0.15) is 5.10 Å². The number of rotatable bonds is 4. The van der Waals surface area contributed by atoms with Gasteiger partial charge in [0.05, 0.1) is 6.10 Å². The van der Waals surface area contributed by atoms with Crippen LogP contribution in [0.25, 0.3) is 0 Å². The number of nitrogens with zero attached hydrogens (tertiary/aromatic N) is 3. The molecule has 0 amide bonds. The van der Waals surface area contributed by atoms with Gasteiger partial charge in [-0.05, 0) is 24.2 Å². The van der Waals surface area contributed by atoms with Gasteiger partial charge in [0.25, 0.3) is 0 Å². The molecular weight excluding hydrogens is 238 g/mol. The highest BCUT2D eigenvalue weighted by Crippen LogP contribution is 2.36. The minimum atomic E-state index is -0.319. The lowest BCUT2D eigenvalue weighted by molar-refractivity contribution is 0.138. The lowest BCUT2D eigenvalue weighted by atomic mass is 9.75. The van der Waals surface area contributed by atoms with E-state index in [0.29, 0.717) is 5.92 Å². The molecule has 0 aliphatic heterocycles. The van der Waals surface area contributed by atoms with Crippen molar-refractivity contribution in [2.75, 3.05) is 0 Å². The van der Waals surface area contributed by atoms with Gasteiger partial charge in [-0.15, -0.1) is 0 Å². The van der Waals surface area contributed by atoms with Gasteiger partial charge >= 0.3 is 0 Å². The van der Waals surface area contributed by atoms with E-state index in [1.54, 1.807) is 6.33 Å². The van der Waals surface area contributed by atoms with Crippen LogP contribution in [0, 0.1) is 11.3 Å². The maximum Gasteiger partial charge on any atom is 0.138 e. The first-order valence-corrected chi connectivity index (χ1v) is 7.10. The molecule has 0 bridgehead atoms. The summed E-state index contributed by atoms with van der Waals surface area (Å²) in [7, 11) is 0. The number of allylic oxidation sites excluding steroid dienone is 1. The number of aliphatic hydroxyl groups excluding tert-OH is 1. The molecule has 0 aromatic carbocycles. The Morgan fingerprint density at radius 2 is 2.21 bits per heavy atom. The molecule has 1 aromatic rings. The zero-order chi connectivity index (χ0) is 14.0. The van der Waals surface area contributed by atoms with E-state index in [-0.39, 0.29) is 11.5 Å². The van der Waals surface area contributed by atoms with Crippen LogP contribution in [0.2, 0.25) is 0 Å². The predicted molar refractivity (Wildman–Crippen MR) is 75.7 cm³/mol. The number of hydrogen-bond donors (Lipinski definition) is 1. The average molecular weight is 263 g/mol. The first-order chi connectivity index (χ1) is 8.85. The molecule has 0 spiro atoms. The Labute approximate surface area is 115 Å². The van der Waals surface area contributed by atoms with Crippen LogP contribution in [0.5, 0.6) is 0 Å². The first-order valence-electron chi connectivity index (χ1n) is 7.10. The smallest absolute Gasteiger partial charge is 0.138 e. The van der Waals surface area contributed by atoms with Gasteiger partial charge in [0.2, 0.25) is 0 Å². The SMILES string of the molecule is CC(C)Cn1ncnc1CC1=CC(O)CC(C)(C)C1. The van der Waals surface area contributed by atoms with Crippen LogP contribution in [0.4, 0.5) is 0 Å². The number of aromatic nitrogens is 3. The molecule has 2 rings (SSSR count). The third-order valence-electron chi connectivity index (χ3n) is 3.51. The Bertz CT molecular complexity index is 460. The maximum atomic E-state index is 9.94. The van der Waals surface area contributed by atoms with E-state index in [4.69, 9.17) is 0 Å². The van der Waals surface area contributed by atoms with E-state index in [9.17, 15) is 5.11 Å². The second-order valence-corrected chi connectivity index (χ2v) is 6.87. The Hall–Kier alpha value is -1.16. The second-order valence-electron chi connectivity index (χ2n) is 6.87. The van der Waals surface area contributed by atoms with Crippen molar-refractivity contribution in [2.45, 2.75) is 59.6 Å². The van der Waals surface area contributed by atoms with E-state index in [2.05, 4.69) is 37.8 Å². The lowest BCUT2D eigenvalue weighted by Gasteiger charge is -2.32. The summed E-state index contributed by atoms with van der Waals surface area (Å²) in [6.07, 6.45) is 5.98. The van der Waals surface area contributed by atoms with E-state index >= 15 is 0 Å². The minimum absolute atomic E-state index is 0.173. The molecule has 1 aromatic heterocycles. The first kappa shape index (κ1) is 14.3. The number of aliphatic hydroxyl groups is 1. The fourth-order valence-electron chi connectivity index (χ4n) is 2.89. The summed E-state index contributed by atoms with van der Waals surface area (Å²) in [6.45, 7) is 9.68. The zero-order valence-electron chi connectivity index (χ0n) is 12.4. The van der Waals surface area contributed by atoms with Gasteiger partial charge in [-0.3, -0.25) is 0 Å². The van der Waals surface area contributed by atoms with Crippen molar-refractivity contribution in [1.82, 2.24) is 14.8 Å². The Balaban J connectivity index is 2.11. The molecule has 0 saturated heterocycles. The predicted octanol–water partition coefficient (Wildman–Crippen LogP) is 2.58. The molecule has 0 fully saturated rings. The average Bonchev–Trinajstić information content (AvgIpc) is 2.61. The third-order valence-corrected chi connectivity index (χ3v) is 3.51. The van der Waals surface area contributed by atoms with Crippen LogP contribution in [0.15, 0.2) is 18.0 Å². The van der Waals surface area contributed by atoms with Crippen LogP contribution in [0.3, 0.4) is 0 Å². The molecule has 1 atom stereocenters. The van der Waals surface area contributed by atoms with Gasteiger partial charge in [0, 0.05) is 13.0 Å². The molecule has 1 aliphatic carbocycles. The monoisotopic (exact) mass is 263 g/mol.